The lowest BCUT2D eigenvalue weighted by molar-refractivity contribution is -0.212. The van der Waals surface area contributed by atoms with E-state index >= 15 is 0 Å². The molecule has 2 fully saturated rings. The van der Waals surface area contributed by atoms with Gasteiger partial charge >= 0.3 is 29.8 Å². The summed E-state index contributed by atoms with van der Waals surface area (Å²) >= 11 is 0. The molecule has 0 radical (unpaired) electrons. The van der Waals surface area contributed by atoms with Crippen molar-refractivity contribution in [2.45, 2.75) is 148 Å². The molecule has 12 nitrogen and oxygen atoms in total. The molecule has 0 unspecified atom stereocenters. The van der Waals surface area contributed by atoms with E-state index < -0.39 is 83.4 Å². The number of carbonyl (C=O) groups is 5. The van der Waals surface area contributed by atoms with Gasteiger partial charge < -0.3 is 33.9 Å². The van der Waals surface area contributed by atoms with Crippen LogP contribution in [0.3, 0.4) is 0 Å². The molecule has 8 atom stereocenters. The molecule has 1 saturated carbocycles. The van der Waals surface area contributed by atoms with Crippen LogP contribution in [0.5, 0.6) is 0 Å². The number of hydrogen-bond donors (Lipinski definition) is 2. The van der Waals surface area contributed by atoms with E-state index in [2.05, 4.69) is 6.92 Å². The van der Waals surface area contributed by atoms with E-state index in [0.29, 0.717) is 6.42 Å². The highest BCUT2D eigenvalue weighted by Gasteiger charge is 2.76. The Labute approximate surface area is 264 Å². The van der Waals surface area contributed by atoms with Crippen LogP contribution in [0.1, 0.15) is 107 Å². The molecule has 3 aliphatic rings. The molecule has 1 aliphatic heterocycles. The number of hydrogen-bond acceptors (Lipinski definition) is 12. The van der Waals surface area contributed by atoms with Gasteiger partial charge in [0, 0.05) is 31.8 Å². The van der Waals surface area contributed by atoms with Gasteiger partial charge in [0.25, 0.3) is 0 Å². The first kappa shape index (κ1) is 36.2. The van der Waals surface area contributed by atoms with Gasteiger partial charge in [-0.25, -0.2) is 9.59 Å². The fraction of sp³-hybridized carbons (Fsp3) is 0.727. The first-order chi connectivity index (χ1) is 21.0. The van der Waals surface area contributed by atoms with E-state index in [-0.39, 0.29) is 29.6 Å². The summed E-state index contributed by atoms with van der Waals surface area (Å²) in [5.41, 5.74) is -6.12. The van der Waals surface area contributed by atoms with Crippen molar-refractivity contribution in [1.29, 1.82) is 0 Å². The number of unbranched alkanes of at least 4 members (excludes halogenated alkanes) is 4. The fourth-order valence-corrected chi connectivity index (χ4v) is 6.72. The van der Waals surface area contributed by atoms with Crippen LogP contribution in [0.15, 0.2) is 22.8 Å². The zero-order chi connectivity index (χ0) is 33.9. The molecule has 0 aromatic rings. The minimum absolute atomic E-state index is 0.0773. The average Bonchev–Trinajstić information content (AvgIpc) is 3.30. The van der Waals surface area contributed by atoms with E-state index in [4.69, 9.17) is 23.7 Å². The third-order valence-electron chi connectivity index (χ3n) is 9.35. The molecule has 0 aromatic carbocycles. The van der Waals surface area contributed by atoms with Crippen LogP contribution in [-0.2, 0) is 47.7 Å². The number of allylic oxidation sites excluding steroid dienone is 1. The SMILES string of the molecule is C/C=C(/C)C(=O)O[C@H]1C(C)=C2[C@H]([C@@H]1OC(=O)CCCCCCC)[C@@](C)(OC(C)=O)C[C@H](OC(=O)CC)[C@@]1(O)[C@H]2OC(=O)[C@@]1(C)O. The maximum Gasteiger partial charge on any atom is 0.341 e. The summed E-state index contributed by atoms with van der Waals surface area (Å²) in [5, 5.41) is 23.7. The van der Waals surface area contributed by atoms with E-state index in [1.807, 2.05) is 0 Å². The Hall–Kier alpha value is -3.25. The highest BCUT2D eigenvalue weighted by atomic mass is 16.6. The van der Waals surface area contributed by atoms with Gasteiger partial charge in [-0.15, -0.1) is 0 Å². The van der Waals surface area contributed by atoms with Crippen LogP contribution in [0, 0.1) is 5.92 Å². The number of rotatable bonds is 12. The smallest absolute Gasteiger partial charge is 0.341 e. The van der Waals surface area contributed by atoms with Crippen molar-refractivity contribution < 1.29 is 57.9 Å². The molecular weight excluding hydrogens is 588 g/mol. The van der Waals surface area contributed by atoms with E-state index in [1.54, 1.807) is 26.8 Å². The second-order valence-corrected chi connectivity index (χ2v) is 12.7. The molecule has 0 aromatic heterocycles. The van der Waals surface area contributed by atoms with Crippen LogP contribution < -0.4 is 0 Å². The van der Waals surface area contributed by atoms with E-state index in [0.717, 1.165) is 32.6 Å². The quantitative estimate of drug-likeness (QED) is 0.105. The summed E-state index contributed by atoms with van der Waals surface area (Å²) < 4.78 is 29.1. The Morgan fingerprint density at radius 1 is 0.978 bits per heavy atom. The lowest BCUT2D eigenvalue weighted by atomic mass is 9.75. The normalized spacial score (nSPS) is 34.3. The van der Waals surface area contributed by atoms with Crippen molar-refractivity contribution >= 4 is 29.8 Å². The Morgan fingerprint density at radius 2 is 1.62 bits per heavy atom. The topological polar surface area (TPSA) is 172 Å². The zero-order valence-corrected chi connectivity index (χ0v) is 27.6. The lowest BCUT2D eigenvalue weighted by Gasteiger charge is -2.41. The van der Waals surface area contributed by atoms with Crippen molar-refractivity contribution in [3.63, 3.8) is 0 Å². The summed E-state index contributed by atoms with van der Waals surface area (Å²) in [7, 11) is 0. The van der Waals surface area contributed by atoms with Gasteiger partial charge in [-0.3, -0.25) is 14.4 Å². The van der Waals surface area contributed by atoms with Gasteiger partial charge in [-0.2, -0.15) is 0 Å². The molecule has 45 heavy (non-hydrogen) atoms. The van der Waals surface area contributed by atoms with E-state index in [9.17, 15) is 34.2 Å². The monoisotopic (exact) mass is 636 g/mol. The maximum absolute atomic E-state index is 13.3. The summed E-state index contributed by atoms with van der Waals surface area (Å²) in [6.45, 7) is 12.1. The minimum Gasteiger partial charge on any atom is -0.459 e. The molecule has 0 amide bonds. The molecule has 252 valence electrons. The molecule has 2 aliphatic carbocycles. The van der Waals surface area contributed by atoms with Gasteiger partial charge in [0.15, 0.2) is 29.5 Å². The average molecular weight is 637 g/mol. The van der Waals surface area contributed by atoms with Crippen molar-refractivity contribution in [1.82, 2.24) is 0 Å². The number of aliphatic hydroxyl groups is 2. The van der Waals surface area contributed by atoms with Crippen LogP contribution in [-0.4, -0.2) is 81.3 Å². The first-order valence-electron chi connectivity index (χ1n) is 15.8. The second-order valence-electron chi connectivity index (χ2n) is 12.7. The fourth-order valence-electron chi connectivity index (χ4n) is 6.72. The third kappa shape index (κ3) is 6.82. The summed E-state index contributed by atoms with van der Waals surface area (Å²) in [6.07, 6.45) is -0.225. The molecule has 2 N–H and O–H groups in total. The highest BCUT2D eigenvalue weighted by Crippen LogP contribution is 2.57. The van der Waals surface area contributed by atoms with Crippen LogP contribution >= 0.6 is 0 Å². The van der Waals surface area contributed by atoms with Gasteiger partial charge in [0.05, 0.1) is 5.92 Å². The Kier molecular flexibility index (Phi) is 11.3. The van der Waals surface area contributed by atoms with Gasteiger partial charge in [-0.1, -0.05) is 45.6 Å². The summed E-state index contributed by atoms with van der Waals surface area (Å²) in [5.74, 6) is -5.07. The van der Waals surface area contributed by atoms with Gasteiger partial charge in [0.2, 0.25) is 0 Å². The molecule has 12 heteroatoms. The van der Waals surface area contributed by atoms with Crippen molar-refractivity contribution in [2.24, 2.45) is 5.92 Å². The number of ether oxygens (including phenoxy) is 5. The Bertz CT molecular complexity index is 1250. The van der Waals surface area contributed by atoms with Gasteiger partial charge in [-0.05, 0) is 52.2 Å². The number of esters is 5. The van der Waals surface area contributed by atoms with Crippen LogP contribution in [0.2, 0.25) is 0 Å². The third-order valence-corrected chi connectivity index (χ3v) is 9.35. The van der Waals surface area contributed by atoms with Gasteiger partial charge in [0.1, 0.15) is 11.7 Å². The minimum atomic E-state index is -2.57. The van der Waals surface area contributed by atoms with Crippen LogP contribution in [0.25, 0.3) is 0 Å². The second kappa shape index (κ2) is 14.0. The standard InChI is InChI=1S/C33H48O12/c1-9-12-13-14-15-16-23(36)42-27-25-24(19(5)26(27)43-29(37)18(4)10-2)28-33(40,32(8,39)30(38)44-28)21(41-22(35)11-3)17-31(25,7)45-20(6)34/h10,21,25-28,39-40H,9,11-17H2,1-8H3/b18-10-/t21-,25+,26-,27-,28-,31-,32+,33+/m0/s1. The molecular formula is C33H48O12. The van der Waals surface area contributed by atoms with Crippen molar-refractivity contribution in [3.8, 4) is 0 Å². The first-order valence-corrected chi connectivity index (χ1v) is 15.8. The summed E-state index contributed by atoms with van der Waals surface area (Å²) in [6, 6.07) is 0. The van der Waals surface area contributed by atoms with Crippen LogP contribution in [0.4, 0.5) is 0 Å². The zero-order valence-electron chi connectivity index (χ0n) is 27.6. The predicted octanol–water partition coefficient (Wildman–Crippen LogP) is 3.54. The molecule has 1 heterocycles. The summed E-state index contributed by atoms with van der Waals surface area (Å²) in [4.78, 5) is 64.7. The Morgan fingerprint density at radius 3 is 2.20 bits per heavy atom. The predicted molar refractivity (Wildman–Crippen MR) is 159 cm³/mol. The maximum atomic E-state index is 13.3. The number of fused-ring (bicyclic) bond motifs is 3. The van der Waals surface area contributed by atoms with Crippen molar-refractivity contribution in [3.05, 3.63) is 22.8 Å². The molecule has 0 bridgehead atoms. The molecule has 1 saturated heterocycles. The lowest BCUT2D eigenvalue weighted by Crippen LogP contribution is -2.64. The molecule has 3 rings (SSSR count). The largest absolute Gasteiger partial charge is 0.459 e. The molecule has 0 spiro atoms. The van der Waals surface area contributed by atoms with Crippen molar-refractivity contribution in [2.75, 3.05) is 0 Å². The Balaban J connectivity index is 2.23. The number of carbonyl (C=O) groups excluding carboxylic acids is 5. The van der Waals surface area contributed by atoms with E-state index in [1.165, 1.54) is 20.8 Å². The highest BCUT2D eigenvalue weighted by molar-refractivity contribution is 5.88.